The van der Waals surface area contributed by atoms with Gasteiger partial charge in [-0.05, 0) is 6.92 Å². The topological polar surface area (TPSA) is 133 Å². The number of carboxylic acid groups (broad SMARTS) is 2. The standard InChI is InChI=1S/C6H13NO2.C3H4O5/c1-4-9-7-6(8)5(2)3;4-1(2(5)6)3(7)8/h5H,4H2,1-3H3,(H,7,8);1,4H,(H,5,6)(H,7,8). The molecule has 0 aromatic rings. The number of hydroxylamine groups is 1. The van der Waals surface area contributed by atoms with Crippen molar-refractivity contribution in [2.24, 2.45) is 5.92 Å². The molecule has 4 N–H and O–H groups in total. The van der Waals surface area contributed by atoms with Crippen molar-refractivity contribution in [1.29, 1.82) is 0 Å². The van der Waals surface area contributed by atoms with E-state index in [2.05, 4.69) is 10.3 Å². The summed E-state index contributed by atoms with van der Waals surface area (Å²) < 4.78 is 0. The van der Waals surface area contributed by atoms with Crippen molar-refractivity contribution in [3.05, 3.63) is 0 Å². The van der Waals surface area contributed by atoms with Crippen molar-refractivity contribution in [2.45, 2.75) is 26.9 Å². The third kappa shape index (κ3) is 10.6. The number of carbonyl (C=O) groups is 3. The zero-order valence-electron chi connectivity index (χ0n) is 9.84. The molecule has 0 aliphatic rings. The van der Waals surface area contributed by atoms with Gasteiger partial charge in [0.05, 0.1) is 6.61 Å². The van der Waals surface area contributed by atoms with Crippen LogP contribution in [0.2, 0.25) is 0 Å². The third-order valence-corrected chi connectivity index (χ3v) is 1.31. The highest BCUT2D eigenvalue weighted by atomic mass is 16.6. The molecule has 17 heavy (non-hydrogen) atoms. The molecule has 0 aliphatic carbocycles. The van der Waals surface area contributed by atoms with Gasteiger partial charge in [0.1, 0.15) is 0 Å². The fraction of sp³-hybridized carbons (Fsp3) is 0.667. The number of rotatable bonds is 5. The first-order chi connectivity index (χ1) is 7.73. The molecule has 0 rings (SSSR count). The van der Waals surface area contributed by atoms with E-state index in [1.54, 1.807) is 0 Å². The highest BCUT2D eigenvalue weighted by Crippen LogP contribution is 1.89. The van der Waals surface area contributed by atoms with E-state index in [1.165, 1.54) is 0 Å². The lowest BCUT2D eigenvalue weighted by Crippen LogP contribution is -2.28. The van der Waals surface area contributed by atoms with Crippen LogP contribution in [0.4, 0.5) is 0 Å². The van der Waals surface area contributed by atoms with E-state index in [0.29, 0.717) is 6.61 Å². The first-order valence-electron chi connectivity index (χ1n) is 4.79. The molecule has 0 aliphatic heterocycles. The Kier molecular flexibility index (Phi) is 9.95. The Morgan fingerprint density at radius 2 is 1.59 bits per heavy atom. The van der Waals surface area contributed by atoms with Crippen molar-refractivity contribution in [3.63, 3.8) is 0 Å². The van der Waals surface area contributed by atoms with Crippen LogP contribution >= 0.6 is 0 Å². The second kappa shape index (κ2) is 9.55. The fourth-order valence-corrected chi connectivity index (χ4v) is 0.367. The molecule has 8 heteroatoms. The molecule has 0 heterocycles. The molecule has 0 saturated carbocycles. The molecule has 8 nitrogen and oxygen atoms in total. The Bertz CT molecular complexity index is 250. The lowest BCUT2D eigenvalue weighted by atomic mass is 10.2. The van der Waals surface area contributed by atoms with Crippen LogP contribution in [0.5, 0.6) is 0 Å². The summed E-state index contributed by atoms with van der Waals surface area (Å²) in [6, 6.07) is 0. The van der Waals surface area contributed by atoms with Crippen LogP contribution in [-0.2, 0) is 19.2 Å². The summed E-state index contributed by atoms with van der Waals surface area (Å²) in [6.45, 7) is 5.96. The zero-order chi connectivity index (χ0) is 14.0. The average Bonchev–Trinajstić information content (AvgIpc) is 2.25. The van der Waals surface area contributed by atoms with E-state index in [1.807, 2.05) is 20.8 Å². The minimum absolute atomic E-state index is 0.00319. The van der Waals surface area contributed by atoms with Crippen molar-refractivity contribution in [3.8, 4) is 0 Å². The number of aliphatic hydroxyl groups excluding tert-OH is 1. The summed E-state index contributed by atoms with van der Waals surface area (Å²) in [7, 11) is 0. The average molecular weight is 251 g/mol. The molecular weight excluding hydrogens is 234 g/mol. The van der Waals surface area contributed by atoms with Gasteiger partial charge < -0.3 is 15.3 Å². The molecule has 0 atom stereocenters. The van der Waals surface area contributed by atoms with Gasteiger partial charge in [0, 0.05) is 5.92 Å². The summed E-state index contributed by atoms with van der Waals surface area (Å²) >= 11 is 0. The van der Waals surface area contributed by atoms with Gasteiger partial charge in [0.15, 0.2) is 0 Å². The van der Waals surface area contributed by atoms with E-state index in [-0.39, 0.29) is 11.8 Å². The summed E-state index contributed by atoms with van der Waals surface area (Å²) in [4.78, 5) is 34.3. The SMILES string of the molecule is CCONC(=O)C(C)C.O=C(O)C(O)C(=O)O. The Hall–Kier alpha value is -1.67. The van der Waals surface area contributed by atoms with Crippen LogP contribution in [-0.4, -0.2) is 45.9 Å². The van der Waals surface area contributed by atoms with Gasteiger partial charge in [0.25, 0.3) is 0 Å². The molecule has 0 aromatic heterocycles. The number of hydrogen-bond donors (Lipinski definition) is 4. The molecule has 1 amide bonds. The quantitative estimate of drug-likeness (QED) is 0.372. The molecule has 0 spiro atoms. The predicted molar refractivity (Wildman–Crippen MR) is 55.9 cm³/mol. The van der Waals surface area contributed by atoms with Crippen molar-refractivity contribution in [2.75, 3.05) is 6.61 Å². The zero-order valence-corrected chi connectivity index (χ0v) is 9.84. The van der Waals surface area contributed by atoms with Crippen LogP contribution in [0.25, 0.3) is 0 Å². The number of carbonyl (C=O) groups excluding carboxylic acids is 1. The van der Waals surface area contributed by atoms with Gasteiger partial charge >= 0.3 is 11.9 Å². The van der Waals surface area contributed by atoms with Gasteiger partial charge in [-0.15, -0.1) is 0 Å². The molecule has 0 bridgehead atoms. The Morgan fingerprint density at radius 1 is 1.18 bits per heavy atom. The van der Waals surface area contributed by atoms with E-state index >= 15 is 0 Å². The van der Waals surface area contributed by atoms with Crippen molar-refractivity contribution >= 4 is 17.8 Å². The summed E-state index contributed by atoms with van der Waals surface area (Å²) in [5.41, 5.74) is 2.29. The number of aliphatic carboxylic acids is 2. The number of aliphatic hydroxyl groups is 1. The van der Waals surface area contributed by atoms with E-state index in [9.17, 15) is 14.4 Å². The van der Waals surface area contributed by atoms with Crippen molar-refractivity contribution < 1.29 is 34.5 Å². The lowest BCUT2D eigenvalue weighted by Gasteiger charge is -2.04. The fourth-order valence-electron chi connectivity index (χ4n) is 0.367. The van der Waals surface area contributed by atoms with Crippen LogP contribution < -0.4 is 5.48 Å². The molecule has 0 fully saturated rings. The summed E-state index contributed by atoms with van der Waals surface area (Å²) in [5, 5.41) is 23.4. The highest BCUT2D eigenvalue weighted by molar-refractivity contribution is 5.95. The second-order valence-electron chi connectivity index (χ2n) is 3.13. The number of carboxylic acids is 2. The summed E-state index contributed by atoms with van der Waals surface area (Å²) in [6.07, 6.45) is -2.30. The van der Waals surface area contributed by atoms with E-state index in [4.69, 9.17) is 15.3 Å². The number of nitrogens with one attached hydrogen (secondary N) is 1. The largest absolute Gasteiger partial charge is 0.479 e. The van der Waals surface area contributed by atoms with Gasteiger partial charge in [-0.2, -0.15) is 0 Å². The smallest absolute Gasteiger partial charge is 0.344 e. The first kappa shape index (κ1) is 17.7. The molecule has 0 aromatic carbocycles. The predicted octanol–water partition coefficient (Wildman–Crippen LogP) is -0.773. The second-order valence-corrected chi connectivity index (χ2v) is 3.13. The van der Waals surface area contributed by atoms with Crippen LogP contribution in [0.15, 0.2) is 0 Å². The van der Waals surface area contributed by atoms with Gasteiger partial charge in [-0.1, -0.05) is 13.8 Å². The molecule has 0 unspecified atom stereocenters. The molecule has 0 radical (unpaired) electrons. The Labute approximate surface area is 98.1 Å². The lowest BCUT2D eigenvalue weighted by molar-refractivity contribution is -0.161. The Balaban J connectivity index is 0. The van der Waals surface area contributed by atoms with E-state index in [0.717, 1.165) is 0 Å². The molecular formula is C9H17NO7. The minimum Gasteiger partial charge on any atom is -0.479 e. The third-order valence-electron chi connectivity index (χ3n) is 1.31. The Morgan fingerprint density at radius 3 is 1.76 bits per heavy atom. The van der Waals surface area contributed by atoms with Crippen LogP contribution in [0, 0.1) is 5.92 Å². The molecule has 0 saturated heterocycles. The number of amides is 1. The van der Waals surface area contributed by atoms with Crippen LogP contribution in [0.1, 0.15) is 20.8 Å². The maximum atomic E-state index is 10.7. The highest BCUT2D eigenvalue weighted by Gasteiger charge is 2.20. The van der Waals surface area contributed by atoms with Gasteiger partial charge in [0.2, 0.25) is 12.0 Å². The normalized spacial score (nSPS) is 9.53. The monoisotopic (exact) mass is 251 g/mol. The maximum Gasteiger partial charge on any atom is 0.344 e. The van der Waals surface area contributed by atoms with Crippen LogP contribution in [0.3, 0.4) is 0 Å². The van der Waals surface area contributed by atoms with E-state index < -0.39 is 18.0 Å². The number of hydrogen-bond acceptors (Lipinski definition) is 5. The van der Waals surface area contributed by atoms with Gasteiger partial charge in [-0.25, -0.2) is 15.1 Å². The molecule has 100 valence electrons. The van der Waals surface area contributed by atoms with Crippen molar-refractivity contribution in [1.82, 2.24) is 5.48 Å². The maximum absolute atomic E-state index is 10.7. The minimum atomic E-state index is -2.30. The van der Waals surface area contributed by atoms with Gasteiger partial charge in [-0.3, -0.25) is 9.63 Å². The first-order valence-corrected chi connectivity index (χ1v) is 4.79. The summed E-state index contributed by atoms with van der Waals surface area (Å²) in [5.74, 6) is -3.58.